The molecule has 0 aliphatic heterocycles. The second kappa shape index (κ2) is 9.55. The van der Waals surface area contributed by atoms with Crippen molar-refractivity contribution in [3.8, 4) is 11.8 Å². The van der Waals surface area contributed by atoms with Crippen LogP contribution in [0.25, 0.3) is 0 Å². The number of benzene rings is 1. The normalized spacial score (nSPS) is 10.8. The fourth-order valence-corrected chi connectivity index (χ4v) is 2.21. The van der Waals surface area contributed by atoms with E-state index in [1.165, 1.54) is 18.9 Å². The van der Waals surface area contributed by atoms with E-state index >= 15 is 0 Å². The molecule has 1 rings (SSSR count). The quantitative estimate of drug-likeness (QED) is 0.615. The summed E-state index contributed by atoms with van der Waals surface area (Å²) in [4.78, 5) is 2.32. The van der Waals surface area contributed by atoms with E-state index in [1.54, 1.807) is 0 Å². The molecule has 0 bridgehead atoms. The van der Waals surface area contributed by atoms with Crippen LogP contribution < -0.4 is 5.73 Å². The van der Waals surface area contributed by atoms with Gasteiger partial charge in [-0.15, -0.1) is 0 Å². The van der Waals surface area contributed by atoms with Crippen LogP contribution in [-0.4, -0.2) is 24.0 Å². The number of nitrogens with two attached hydrogens (primary N) is 1. The Balaban J connectivity index is 2.74. The molecule has 2 nitrogen and oxygen atoms in total. The van der Waals surface area contributed by atoms with Gasteiger partial charge in [0.1, 0.15) is 5.82 Å². The van der Waals surface area contributed by atoms with Crippen LogP contribution in [0.1, 0.15) is 51.2 Å². The van der Waals surface area contributed by atoms with Crippen molar-refractivity contribution in [3.05, 3.63) is 35.1 Å². The van der Waals surface area contributed by atoms with Crippen molar-refractivity contribution in [1.82, 2.24) is 4.90 Å². The summed E-state index contributed by atoms with van der Waals surface area (Å²) in [7, 11) is 0. The molecule has 0 unspecified atom stereocenters. The Morgan fingerprint density at radius 1 is 1.29 bits per heavy atom. The summed E-state index contributed by atoms with van der Waals surface area (Å²) in [5, 5.41) is 0. The lowest BCUT2D eigenvalue weighted by atomic mass is 10.1. The van der Waals surface area contributed by atoms with Crippen LogP contribution in [-0.2, 0) is 6.54 Å². The van der Waals surface area contributed by atoms with Crippen LogP contribution in [0.4, 0.5) is 4.39 Å². The Kier molecular flexibility index (Phi) is 8.04. The zero-order valence-corrected chi connectivity index (χ0v) is 13.5. The summed E-state index contributed by atoms with van der Waals surface area (Å²) in [6.07, 6.45) is 3.59. The zero-order valence-electron chi connectivity index (χ0n) is 13.5. The van der Waals surface area contributed by atoms with Gasteiger partial charge < -0.3 is 5.73 Å². The number of halogens is 1. The molecule has 3 heteroatoms. The van der Waals surface area contributed by atoms with Crippen molar-refractivity contribution in [2.24, 2.45) is 5.73 Å². The molecule has 1 aromatic carbocycles. The Morgan fingerprint density at radius 2 is 2.05 bits per heavy atom. The molecule has 0 aliphatic rings. The van der Waals surface area contributed by atoms with Crippen LogP contribution >= 0.6 is 0 Å². The predicted molar refractivity (Wildman–Crippen MR) is 87.4 cm³/mol. The first kappa shape index (κ1) is 17.7. The molecule has 0 aromatic heterocycles. The highest BCUT2D eigenvalue weighted by atomic mass is 19.1. The van der Waals surface area contributed by atoms with E-state index in [9.17, 15) is 4.39 Å². The van der Waals surface area contributed by atoms with Gasteiger partial charge in [-0.1, -0.05) is 37.7 Å². The average Bonchev–Trinajstić information content (AvgIpc) is 2.46. The average molecular weight is 290 g/mol. The van der Waals surface area contributed by atoms with Crippen LogP contribution in [0, 0.1) is 17.7 Å². The molecule has 116 valence electrons. The molecule has 0 saturated carbocycles. The van der Waals surface area contributed by atoms with Crippen molar-refractivity contribution in [3.63, 3.8) is 0 Å². The smallest absolute Gasteiger partial charge is 0.128 e. The van der Waals surface area contributed by atoms with E-state index < -0.39 is 0 Å². The standard InChI is InChI=1S/C18H27FN2/c1-4-5-6-12-21(15(2)3)14-17-10-9-16(8-7-11-20)13-18(17)19/h9-10,13,15H,4-6,11-12,14,20H2,1-3H3. The van der Waals surface area contributed by atoms with E-state index in [0.29, 0.717) is 24.7 Å². The first-order valence-corrected chi connectivity index (χ1v) is 7.79. The molecule has 0 heterocycles. The third-order valence-electron chi connectivity index (χ3n) is 3.54. The molecular weight excluding hydrogens is 263 g/mol. The summed E-state index contributed by atoms with van der Waals surface area (Å²) in [5.41, 5.74) is 6.75. The fraction of sp³-hybridized carbons (Fsp3) is 0.556. The van der Waals surface area contributed by atoms with Crippen LogP contribution in [0.15, 0.2) is 18.2 Å². The van der Waals surface area contributed by atoms with Crippen molar-refractivity contribution >= 4 is 0 Å². The molecule has 0 saturated heterocycles. The highest BCUT2D eigenvalue weighted by Crippen LogP contribution is 2.15. The first-order chi connectivity index (χ1) is 10.1. The van der Waals surface area contributed by atoms with Gasteiger partial charge in [0, 0.05) is 23.7 Å². The van der Waals surface area contributed by atoms with Crippen LogP contribution in [0.3, 0.4) is 0 Å². The lowest BCUT2D eigenvalue weighted by molar-refractivity contribution is 0.206. The fourth-order valence-electron chi connectivity index (χ4n) is 2.21. The predicted octanol–water partition coefficient (Wildman–Crippen LogP) is 3.54. The molecular formula is C18H27FN2. The number of nitrogens with zero attached hydrogens (tertiary/aromatic N) is 1. The maximum Gasteiger partial charge on any atom is 0.128 e. The minimum Gasteiger partial charge on any atom is -0.320 e. The maximum atomic E-state index is 14.2. The monoisotopic (exact) mass is 290 g/mol. The van der Waals surface area contributed by atoms with Crippen LogP contribution in [0.2, 0.25) is 0 Å². The Hall–Kier alpha value is -1.37. The largest absolute Gasteiger partial charge is 0.320 e. The van der Waals surface area contributed by atoms with Crippen molar-refractivity contribution in [2.75, 3.05) is 13.1 Å². The third kappa shape index (κ3) is 6.29. The van der Waals surface area contributed by atoms with Gasteiger partial charge >= 0.3 is 0 Å². The number of hydrogen-bond donors (Lipinski definition) is 1. The molecule has 0 radical (unpaired) electrons. The van der Waals surface area contributed by atoms with Crippen LogP contribution in [0.5, 0.6) is 0 Å². The highest BCUT2D eigenvalue weighted by Gasteiger charge is 2.12. The second-order valence-corrected chi connectivity index (χ2v) is 5.58. The van der Waals surface area contributed by atoms with E-state index in [4.69, 9.17) is 5.73 Å². The summed E-state index contributed by atoms with van der Waals surface area (Å²) >= 11 is 0. The summed E-state index contributed by atoms with van der Waals surface area (Å²) in [5.74, 6) is 5.43. The molecule has 0 spiro atoms. The topological polar surface area (TPSA) is 29.3 Å². The van der Waals surface area contributed by atoms with Gasteiger partial charge in [0.15, 0.2) is 0 Å². The van der Waals surface area contributed by atoms with Gasteiger partial charge in [0.05, 0.1) is 6.54 Å². The van der Waals surface area contributed by atoms with Gasteiger partial charge in [0.2, 0.25) is 0 Å². The van der Waals surface area contributed by atoms with E-state index in [-0.39, 0.29) is 5.82 Å². The van der Waals surface area contributed by atoms with Gasteiger partial charge in [-0.05, 0) is 38.9 Å². The molecule has 0 amide bonds. The SMILES string of the molecule is CCCCCN(Cc1ccc(C#CCN)cc1F)C(C)C. The highest BCUT2D eigenvalue weighted by molar-refractivity contribution is 5.37. The van der Waals surface area contributed by atoms with Gasteiger partial charge in [-0.3, -0.25) is 4.90 Å². The van der Waals surface area contributed by atoms with Gasteiger partial charge in [-0.25, -0.2) is 4.39 Å². The van der Waals surface area contributed by atoms with Crippen molar-refractivity contribution < 1.29 is 4.39 Å². The van der Waals surface area contributed by atoms with E-state index in [1.807, 2.05) is 12.1 Å². The number of unbranched alkanes of at least 4 members (excludes halogenated alkanes) is 2. The summed E-state index contributed by atoms with van der Waals surface area (Å²) in [6, 6.07) is 5.62. The zero-order chi connectivity index (χ0) is 15.7. The number of hydrogen-bond acceptors (Lipinski definition) is 2. The van der Waals surface area contributed by atoms with E-state index in [2.05, 4.69) is 37.5 Å². The molecule has 0 atom stereocenters. The Morgan fingerprint density at radius 3 is 2.62 bits per heavy atom. The molecule has 1 aromatic rings. The number of rotatable bonds is 7. The third-order valence-corrected chi connectivity index (χ3v) is 3.54. The minimum atomic E-state index is -0.181. The molecule has 0 fully saturated rings. The first-order valence-electron chi connectivity index (χ1n) is 7.79. The summed E-state index contributed by atoms with van der Waals surface area (Å²) in [6.45, 7) is 8.47. The minimum absolute atomic E-state index is 0.181. The van der Waals surface area contributed by atoms with Crippen molar-refractivity contribution in [2.45, 2.75) is 52.6 Å². The lowest BCUT2D eigenvalue weighted by Gasteiger charge is -2.26. The van der Waals surface area contributed by atoms with Gasteiger partial charge in [-0.2, -0.15) is 0 Å². The van der Waals surface area contributed by atoms with Crippen molar-refractivity contribution in [1.29, 1.82) is 0 Å². The Labute approximate surface area is 128 Å². The maximum absolute atomic E-state index is 14.2. The summed E-state index contributed by atoms with van der Waals surface area (Å²) < 4.78 is 14.2. The Bertz CT molecular complexity index is 486. The lowest BCUT2D eigenvalue weighted by Crippen LogP contribution is -2.31. The van der Waals surface area contributed by atoms with Gasteiger partial charge in [0.25, 0.3) is 0 Å². The second-order valence-electron chi connectivity index (χ2n) is 5.58. The van der Waals surface area contributed by atoms with E-state index in [0.717, 1.165) is 18.5 Å². The molecule has 2 N–H and O–H groups in total. The molecule has 21 heavy (non-hydrogen) atoms. The molecule has 0 aliphatic carbocycles.